The Morgan fingerprint density at radius 2 is 1.71 bits per heavy atom. The molecular formula is C9H17F3N2. The smallest absolute Gasteiger partial charge is 0.271 e. The highest BCUT2D eigenvalue weighted by Crippen LogP contribution is 2.36. The van der Waals surface area contributed by atoms with Crippen molar-refractivity contribution in [3.05, 3.63) is 0 Å². The van der Waals surface area contributed by atoms with E-state index in [9.17, 15) is 13.2 Å². The molecule has 2 nitrogen and oxygen atoms in total. The van der Waals surface area contributed by atoms with Gasteiger partial charge < -0.3 is 0 Å². The first-order valence-corrected chi connectivity index (χ1v) is 4.98. The largest absolute Gasteiger partial charge is 0.405 e. The predicted octanol–water partition coefficient (Wildman–Crippen LogP) is 2.21. The highest BCUT2D eigenvalue weighted by atomic mass is 19.4. The van der Waals surface area contributed by atoms with Crippen LogP contribution < -0.4 is 11.3 Å². The molecule has 0 heterocycles. The molecule has 84 valence electrons. The fourth-order valence-electron chi connectivity index (χ4n) is 2.12. The Labute approximate surface area is 82.0 Å². The van der Waals surface area contributed by atoms with Gasteiger partial charge in [0, 0.05) is 0 Å². The second-order valence-electron chi connectivity index (χ2n) is 4.21. The third-order valence-corrected chi connectivity index (χ3v) is 3.06. The summed E-state index contributed by atoms with van der Waals surface area (Å²) in [5.74, 6) is 5.16. The number of hydrazine groups is 1. The van der Waals surface area contributed by atoms with Crippen LogP contribution in [0, 0.1) is 11.8 Å². The number of halogens is 3. The zero-order valence-corrected chi connectivity index (χ0v) is 8.27. The summed E-state index contributed by atoms with van der Waals surface area (Å²) in [6, 6.07) is -1.53. The van der Waals surface area contributed by atoms with Crippen LogP contribution in [0.1, 0.15) is 32.6 Å². The third-order valence-electron chi connectivity index (χ3n) is 3.06. The van der Waals surface area contributed by atoms with E-state index in [0.29, 0.717) is 18.8 Å². The maximum absolute atomic E-state index is 12.5. The normalized spacial score (nSPS) is 31.5. The van der Waals surface area contributed by atoms with E-state index in [-0.39, 0.29) is 5.92 Å². The van der Waals surface area contributed by atoms with Gasteiger partial charge in [-0.3, -0.25) is 5.84 Å². The maximum Gasteiger partial charge on any atom is 0.405 e. The van der Waals surface area contributed by atoms with Crippen molar-refractivity contribution in [1.82, 2.24) is 5.43 Å². The van der Waals surface area contributed by atoms with Crippen molar-refractivity contribution in [1.29, 1.82) is 0 Å². The van der Waals surface area contributed by atoms with Crippen molar-refractivity contribution in [2.75, 3.05) is 0 Å². The highest BCUT2D eigenvalue weighted by Gasteiger charge is 2.44. The molecule has 0 radical (unpaired) electrons. The standard InChI is InChI=1S/C9H17F3N2/c1-6-2-4-7(5-3-6)8(14-13)9(10,11)12/h6-8,14H,2-5,13H2,1H3. The highest BCUT2D eigenvalue weighted by molar-refractivity contribution is 4.84. The third kappa shape index (κ3) is 2.85. The lowest BCUT2D eigenvalue weighted by molar-refractivity contribution is -0.171. The topological polar surface area (TPSA) is 38.0 Å². The van der Waals surface area contributed by atoms with E-state index >= 15 is 0 Å². The van der Waals surface area contributed by atoms with E-state index in [1.54, 1.807) is 0 Å². The van der Waals surface area contributed by atoms with Crippen LogP contribution in [-0.4, -0.2) is 12.2 Å². The minimum Gasteiger partial charge on any atom is -0.271 e. The molecule has 1 aliphatic carbocycles. The fraction of sp³-hybridized carbons (Fsp3) is 1.00. The molecule has 1 atom stereocenters. The van der Waals surface area contributed by atoms with Gasteiger partial charge in [-0.2, -0.15) is 13.2 Å². The van der Waals surface area contributed by atoms with E-state index in [4.69, 9.17) is 5.84 Å². The minimum atomic E-state index is -4.22. The van der Waals surface area contributed by atoms with Crippen molar-refractivity contribution in [3.63, 3.8) is 0 Å². The first-order valence-electron chi connectivity index (χ1n) is 4.98. The summed E-state index contributed by atoms with van der Waals surface area (Å²) in [5.41, 5.74) is 1.90. The molecule has 0 amide bonds. The molecule has 0 bridgehead atoms. The Hall–Kier alpha value is -0.290. The average Bonchev–Trinajstić information content (AvgIpc) is 2.07. The first kappa shape index (κ1) is 11.8. The summed E-state index contributed by atoms with van der Waals surface area (Å²) < 4.78 is 37.4. The molecule has 5 heteroatoms. The van der Waals surface area contributed by atoms with E-state index < -0.39 is 12.2 Å². The summed E-state index contributed by atoms with van der Waals surface area (Å²) in [7, 11) is 0. The Morgan fingerprint density at radius 1 is 1.21 bits per heavy atom. The lowest BCUT2D eigenvalue weighted by Gasteiger charge is -2.33. The predicted molar refractivity (Wildman–Crippen MR) is 48.3 cm³/mol. The van der Waals surface area contributed by atoms with Crippen LogP contribution in [0.4, 0.5) is 13.2 Å². The molecule has 1 fully saturated rings. The van der Waals surface area contributed by atoms with Gasteiger partial charge in [0.2, 0.25) is 0 Å². The molecule has 1 unspecified atom stereocenters. The summed E-state index contributed by atoms with van der Waals surface area (Å²) in [6.07, 6.45) is -1.23. The van der Waals surface area contributed by atoms with Gasteiger partial charge in [-0.1, -0.05) is 19.8 Å². The summed E-state index contributed by atoms with van der Waals surface area (Å²) in [4.78, 5) is 0. The van der Waals surface area contributed by atoms with Gasteiger partial charge in [0.05, 0.1) is 0 Å². The van der Waals surface area contributed by atoms with Gasteiger partial charge in [0.25, 0.3) is 0 Å². The summed E-state index contributed by atoms with van der Waals surface area (Å²) in [5, 5.41) is 0. The SMILES string of the molecule is CC1CCC(C(NN)C(F)(F)F)CC1. The zero-order valence-electron chi connectivity index (χ0n) is 8.27. The van der Waals surface area contributed by atoms with Crippen LogP contribution in [0.25, 0.3) is 0 Å². The zero-order chi connectivity index (χ0) is 10.8. The molecule has 0 spiro atoms. The summed E-state index contributed by atoms with van der Waals surface area (Å²) in [6.45, 7) is 2.08. The van der Waals surface area contributed by atoms with Crippen LogP contribution in [0.5, 0.6) is 0 Å². The Morgan fingerprint density at radius 3 is 2.07 bits per heavy atom. The van der Waals surface area contributed by atoms with E-state index in [1.807, 2.05) is 5.43 Å². The molecule has 3 N–H and O–H groups in total. The summed E-state index contributed by atoms with van der Waals surface area (Å²) >= 11 is 0. The average molecular weight is 210 g/mol. The van der Waals surface area contributed by atoms with Gasteiger partial charge in [0.1, 0.15) is 6.04 Å². The molecule has 0 aromatic rings. The molecular weight excluding hydrogens is 193 g/mol. The van der Waals surface area contributed by atoms with Crippen molar-refractivity contribution in [2.45, 2.75) is 44.8 Å². The monoisotopic (exact) mass is 210 g/mol. The molecule has 1 rings (SSSR count). The Kier molecular flexibility index (Phi) is 3.78. The molecule has 0 aromatic carbocycles. The van der Waals surface area contributed by atoms with E-state index in [2.05, 4.69) is 6.92 Å². The second kappa shape index (κ2) is 4.49. The number of hydrogen-bond acceptors (Lipinski definition) is 2. The minimum absolute atomic E-state index is 0.351. The van der Waals surface area contributed by atoms with Crippen LogP contribution >= 0.6 is 0 Å². The lowest BCUT2D eigenvalue weighted by Crippen LogP contribution is -2.51. The second-order valence-corrected chi connectivity index (χ2v) is 4.21. The molecule has 0 saturated heterocycles. The number of hydrogen-bond donors (Lipinski definition) is 2. The molecule has 0 aliphatic heterocycles. The Bertz CT molecular complexity index is 173. The quantitative estimate of drug-likeness (QED) is 0.541. The number of nitrogens with two attached hydrogens (primary N) is 1. The van der Waals surface area contributed by atoms with Gasteiger partial charge in [-0.15, -0.1) is 0 Å². The van der Waals surface area contributed by atoms with Gasteiger partial charge in [0.15, 0.2) is 0 Å². The fourth-order valence-corrected chi connectivity index (χ4v) is 2.12. The van der Waals surface area contributed by atoms with Crippen molar-refractivity contribution in [3.8, 4) is 0 Å². The molecule has 0 aromatic heterocycles. The maximum atomic E-state index is 12.5. The van der Waals surface area contributed by atoms with Crippen LogP contribution in [0.3, 0.4) is 0 Å². The van der Waals surface area contributed by atoms with Crippen molar-refractivity contribution in [2.24, 2.45) is 17.7 Å². The van der Waals surface area contributed by atoms with Gasteiger partial charge >= 0.3 is 6.18 Å². The lowest BCUT2D eigenvalue weighted by atomic mass is 9.79. The van der Waals surface area contributed by atoms with E-state index in [1.165, 1.54) is 0 Å². The van der Waals surface area contributed by atoms with Crippen molar-refractivity contribution < 1.29 is 13.2 Å². The number of rotatable bonds is 2. The first-order chi connectivity index (χ1) is 6.45. The van der Waals surface area contributed by atoms with Crippen LogP contribution in [0.2, 0.25) is 0 Å². The molecule has 1 aliphatic rings. The van der Waals surface area contributed by atoms with Crippen LogP contribution in [-0.2, 0) is 0 Å². The van der Waals surface area contributed by atoms with Gasteiger partial charge in [-0.25, -0.2) is 5.43 Å². The number of alkyl halides is 3. The molecule has 1 saturated carbocycles. The molecule has 14 heavy (non-hydrogen) atoms. The Balaban J connectivity index is 2.54. The van der Waals surface area contributed by atoms with Crippen LogP contribution in [0.15, 0.2) is 0 Å². The number of nitrogens with one attached hydrogen (secondary N) is 1. The van der Waals surface area contributed by atoms with E-state index in [0.717, 1.165) is 12.8 Å². The van der Waals surface area contributed by atoms with Gasteiger partial charge in [-0.05, 0) is 24.7 Å². The van der Waals surface area contributed by atoms with Crippen molar-refractivity contribution >= 4 is 0 Å².